The molecule has 1 aliphatic heterocycles. The first-order valence-corrected chi connectivity index (χ1v) is 12.5. The van der Waals surface area contributed by atoms with Crippen LogP contribution >= 0.6 is 0 Å². The molecule has 0 radical (unpaired) electrons. The van der Waals surface area contributed by atoms with Gasteiger partial charge in [-0.1, -0.05) is 49.6 Å². The predicted octanol–water partition coefficient (Wildman–Crippen LogP) is 2.82. The lowest BCUT2D eigenvalue weighted by Crippen LogP contribution is -2.57. The van der Waals surface area contributed by atoms with Gasteiger partial charge in [-0.05, 0) is 64.6 Å². The second-order valence-corrected chi connectivity index (χ2v) is 9.72. The Labute approximate surface area is 194 Å². The van der Waals surface area contributed by atoms with Crippen LogP contribution in [-0.4, -0.2) is 73.5 Å². The number of amides is 2. The van der Waals surface area contributed by atoms with Gasteiger partial charge >= 0.3 is 0 Å². The minimum atomic E-state index is -0.395. The fourth-order valence-corrected chi connectivity index (χ4v) is 5.17. The van der Waals surface area contributed by atoms with Gasteiger partial charge in [-0.25, -0.2) is 0 Å². The molecule has 0 spiro atoms. The summed E-state index contributed by atoms with van der Waals surface area (Å²) < 4.78 is 0. The smallest absolute Gasteiger partial charge is 0.245 e. The van der Waals surface area contributed by atoms with E-state index >= 15 is 0 Å². The van der Waals surface area contributed by atoms with E-state index < -0.39 is 6.04 Å². The van der Waals surface area contributed by atoms with E-state index in [4.69, 9.17) is 0 Å². The van der Waals surface area contributed by atoms with Crippen molar-refractivity contribution in [2.45, 2.75) is 76.4 Å². The van der Waals surface area contributed by atoms with E-state index in [0.717, 1.165) is 64.6 Å². The van der Waals surface area contributed by atoms with Crippen LogP contribution in [0.5, 0.6) is 0 Å². The van der Waals surface area contributed by atoms with E-state index in [2.05, 4.69) is 51.7 Å². The Bertz CT molecular complexity index is 720. The normalized spacial score (nSPS) is 21.5. The highest BCUT2D eigenvalue weighted by molar-refractivity contribution is 5.90. The molecule has 1 saturated heterocycles. The number of carbonyl (C=O) groups excluding carboxylic acids is 2. The Morgan fingerprint density at radius 3 is 2.50 bits per heavy atom. The molecule has 2 amide bonds. The van der Waals surface area contributed by atoms with E-state index in [1.54, 1.807) is 7.05 Å². The van der Waals surface area contributed by atoms with Crippen molar-refractivity contribution in [3.05, 3.63) is 35.9 Å². The van der Waals surface area contributed by atoms with Crippen LogP contribution in [0.25, 0.3) is 0 Å². The quantitative estimate of drug-likeness (QED) is 0.585. The van der Waals surface area contributed by atoms with Crippen molar-refractivity contribution in [3.63, 3.8) is 0 Å². The molecule has 6 heteroatoms. The molecular weight excluding hydrogens is 400 g/mol. The molecule has 1 aliphatic carbocycles. The number of carbonyl (C=O) groups is 2. The third-order valence-electron chi connectivity index (χ3n) is 7.32. The van der Waals surface area contributed by atoms with Gasteiger partial charge in [0.15, 0.2) is 0 Å². The Hall–Kier alpha value is -1.92. The van der Waals surface area contributed by atoms with Gasteiger partial charge in [0.25, 0.3) is 0 Å². The summed E-state index contributed by atoms with van der Waals surface area (Å²) in [6.07, 6.45) is 8.69. The Balaban J connectivity index is 1.62. The van der Waals surface area contributed by atoms with Crippen molar-refractivity contribution < 1.29 is 9.59 Å². The third-order valence-corrected chi connectivity index (χ3v) is 7.32. The summed E-state index contributed by atoms with van der Waals surface area (Å²) in [5.74, 6) is 0.306. The molecule has 6 nitrogen and oxygen atoms in total. The zero-order chi connectivity index (χ0) is 22.9. The van der Waals surface area contributed by atoms with Crippen LogP contribution in [-0.2, 0) is 16.0 Å². The van der Waals surface area contributed by atoms with E-state index in [9.17, 15) is 9.59 Å². The zero-order valence-corrected chi connectivity index (χ0v) is 20.2. The lowest BCUT2D eigenvalue weighted by atomic mass is 9.83. The molecule has 32 heavy (non-hydrogen) atoms. The molecule has 0 bridgehead atoms. The first kappa shape index (κ1) is 24.7. The average Bonchev–Trinajstić information content (AvgIpc) is 3.29. The largest absolute Gasteiger partial charge is 0.343 e. The Kier molecular flexibility index (Phi) is 9.54. The second kappa shape index (κ2) is 12.4. The maximum Gasteiger partial charge on any atom is 0.245 e. The Morgan fingerprint density at radius 1 is 1.09 bits per heavy atom. The summed E-state index contributed by atoms with van der Waals surface area (Å²) in [6, 6.07) is 10.1. The molecule has 3 atom stereocenters. The Morgan fingerprint density at radius 2 is 1.81 bits per heavy atom. The lowest BCUT2D eigenvalue weighted by molar-refractivity contribution is -0.139. The molecular formula is C26H42N4O2. The summed E-state index contributed by atoms with van der Waals surface area (Å²) in [5.41, 5.74) is 1.34. The van der Waals surface area contributed by atoms with E-state index in [0.29, 0.717) is 0 Å². The minimum Gasteiger partial charge on any atom is -0.343 e. The highest BCUT2D eigenvalue weighted by atomic mass is 16.2. The van der Waals surface area contributed by atoms with Gasteiger partial charge < -0.3 is 20.4 Å². The van der Waals surface area contributed by atoms with Crippen molar-refractivity contribution in [1.29, 1.82) is 0 Å². The number of nitrogens with one attached hydrogen (secondary N) is 2. The van der Waals surface area contributed by atoms with Gasteiger partial charge in [0.05, 0.1) is 6.04 Å². The van der Waals surface area contributed by atoms with Gasteiger partial charge in [-0.2, -0.15) is 0 Å². The summed E-state index contributed by atoms with van der Waals surface area (Å²) >= 11 is 0. The van der Waals surface area contributed by atoms with Crippen LogP contribution in [0.2, 0.25) is 0 Å². The highest BCUT2D eigenvalue weighted by Gasteiger charge is 2.38. The minimum absolute atomic E-state index is 0.0767. The molecule has 2 fully saturated rings. The average molecular weight is 443 g/mol. The highest BCUT2D eigenvalue weighted by Crippen LogP contribution is 2.29. The van der Waals surface area contributed by atoms with Crippen LogP contribution in [0.15, 0.2) is 30.3 Å². The zero-order valence-electron chi connectivity index (χ0n) is 20.2. The van der Waals surface area contributed by atoms with Crippen molar-refractivity contribution in [2.24, 2.45) is 5.92 Å². The SMILES string of the molecule is CN[C@@H](C)C(=O)N[C@H](C(=O)N1CCC[C@H]1CN(C)CCc1ccccc1)C1CCCCC1. The molecule has 3 rings (SSSR count). The maximum absolute atomic E-state index is 13.7. The monoisotopic (exact) mass is 442 g/mol. The van der Waals surface area contributed by atoms with Crippen LogP contribution < -0.4 is 10.6 Å². The van der Waals surface area contributed by atoms with Crippen molar-refractivity contribution in [3.8, 4) is 0 Å². The molecule has 1 aromatic rings. The second-order valence-electron chi connectivity index (χ2n) is 9.72. The topological polar surface area (TPSA) is 64.7 Å². The summed E-state index contributed by atoms with van der Waals surface area (Å²) in [5, 5.41) is 6.13. The molecule has 2 N–H and O–H groups in total. The third kappa shape index (κ3) is 6.79. The van der Waals surface area contributed by atoms with Gasteiger partial charge in [-0.3, -0.25) is 9.59 Å². The van der Waals surface area contributed by atoms with Crippen molar-refractivity contribution in [2.75, 3.05) is 33.7 Å². The first-order chi connectivity index (χ1) is 15.5. The standard InChI is InChI=1S/C26H42N4O2/c1-20(27-2)25(31)28-24(22-13-8-5-9-14-22)26(32)30-17-10-15-23(30)19-29(3)18-16-21-11-6-4-7-12-21/h4,6-7,11-12,20,22-24,27H,5,8-10,13-19H2,1-3H3,(H,28,31)/t20-,23-,24-/m0/s1. The summed E-state index contributed by atoms with van der Waals surface area (Å²) in [6.45, 7) is 4.51. The maximum atomic E-state index is 13.7. The summed E-state index contributed by atoms with van der Waals surface area (Å²) in [4.78, 5) is 30.8. The van der Waals surface area contributed by atoms with Gasteiger partial charge in [0, 0.05) is 25.7 Å². The molecule has 0 unspecified atom stereocenters. The van der Waals surface area contributed by atoms with Gasteiger partial charge in [-0.15, -0.1) is 0 Å². The van der Waals surface area contributed by atoms with Crippen LogP contribution in [0.4, 0.5) is 0 Å². The number of benzene rings is 1. The molecule has 0 aromatic heterocycles. The fraction of sp³-hybridized carbons (Fsp3) is 0.692. The predicted molar refractivity (Wildman–Crippen MR) is 129 cm³/mol. The molecule has 1 heterocycles. The molecule has 1 aromatic carbocycles. The van der Waals surface area contributed by atoms with Gasteiger partial charge in [0.2, 0.25) is 11.8 Å². The number of hydrogen-bond donors (Lipinski definition) is 2. The fourth-order valence-electron chi connectivity index (χ4n) is 5.17. The number of likely N-dealkylation sites (tertiary alicyclic amines) is 1. The number of rotatable bonds is 10. The van der Waals surface area contributed by atoms with Gasteiger partial charge in [0.1, 0.15) is 6.04 Å². The molecule has 2 aliphatic rings. The number of nitrogens with zero attached hydrogens (tertiary/aromatic N) is 2. The lowest BCUT2D eigenvalue weighted by Gasteiger charge is -2.36. The van der Waals surface area contributed by atoms with Crippen LogP contribution in [0.3, 0.4) is 0 Å². The van der Waals surface area contributed by atoms with E-state index in [-0.39, 0.29) is 29.8 Å². The number of likely N-dealkylation sites (N-methyl/N-ethyl adjacent to an activating group) is 2. The first-order valence-electron chi connectivity index (χ1n) is 12.5. The molecule has 178 valence electrons. The number of hydrogen-bond acceptors (Lipinski definition) is 4. The van der Waals surface area contributed by atoms with E-state index in [1.807, 2.05) is 13.0 Å². The van der Waals surface area contributed by atoms with E-state index in [1.165, 1.54) is 12.0 Å². The van der Waals surface area contributed by atoms with Crippen molar-refractivity contribution in [1.82, 2.24) is 20.4 Å². The molecule has 1 saturated carbocycles. The van der Waals surface area contributed by atoms with Crippen LogP contribution in [0, 0.1) is 5.92 Å². The summed E-state index contributed by atoms with van der Waals surface area (Å²) in [7, 11) is 3.93. The van der Waals surface area contributed by atoms with Crippen molar-refractivity contribution >= 4 is 11.8 Å². The van der Waals surface area contributed by atoms with Crippen LogP contribution in [0.1, 0.15) is 57.4 Å².